The highest BCUT2D eigenvalue weighted by Gasteiger charge is 2.32. The van der Waals surface area contributed by atoms with Gasteiger partial charge in [-0.25, -0.2) is 4.39 Å². The van der Waals surface area contributed by atoms with Gasteiger partial charge < -0.3 is 15.2 Å². The summed E-state index contributed by atoms with van der Waals surface area (Å²) in [5.41, 5.74) is -0.749. The van der Waals surface area contributed by atoms with Gasteiger partial charge in [-0.15, -0.1) is 0 Å². The lowest BCUT2D eigenvalue weighted by Gasteiger charge is -2.33. The first-order valence-electron chi connectivity index (χ1n) is 7.98. The predicted octanol–water partition coefficient (Wildman–Crippen LogP) is 2.80. The van der Waals surface area contributed by atoms with Crippen molar-refractivity contribution in [2.24, 2.45) is 5.92 Å². The van der Waals surface area contributed by atoms with Gasteiger partial charge in [0.1, 0.15) is 0 Å². The normalized spacial score (nSPS) is 13.2. The summed E-state index contributed by atoms with van der Waals surface area (Å²) >= 11 is 0. The molecule has 0 radical (unpaired) electrons. The zero-order valence-electron chi connectivity index (χ0n) is 14.9. The second kappa shape index (κ2) is 8.60. The van der Waals surface area contributed by atoms with Crippen molar-refractivity contribution < 1.29 is 28.6 Å². The lowest BCUT2D eigenvalue weighted by atomic mass is 9.85. The maximum Gasteiger partial charge on any atom is 0.305 e. The van der Waals surface area contributed by atoms with Crippen molar-refractivity contribution in [3.8, 4) is 5.75 Å². The highest BCUT2D eigenvalue weighted by Crippen LogP contribution is 2.22. The number of carbonyl (C=O) groups excluding carboxylic acids is 2. The topological polar surface area (TPSA) is 92.7 Å². The summed E-state index contributed by atoms with van der Waals surface area (Å²) in [4.78, 5) is 35.2. The number of nitrogens with one attached hydrogen (secondary N) is 1. The van der Waals surface area contributed by atoms with Crippen molar-refractivity contribution >= 4 is 17.7 Å². The number of methoxy groups -OCH3 is 1. The molecular weight excluding hydrogens is 329 g/mol. The molecule has 0 aliphatic heterocycles. The molecule has 0 aliphatic carbocycles. The second-order valence-electron chi connectivity index (χ2n) is 6.46. The Morgan fingerprint density at radius 3 is 2.40 bits per heavy atom. The standard InChI is InChI=1S/C18H24FNO5/c1-11(2)18(3,10-17(23)24)20-16(22)8-6-14(21)12-5-7-15(25-4)13(19)9-12/h5,7,9,11H,6,8,10H2,1-4H3,(H,20,22)(H,23,24). The van der Waals surface area contributed by atoms with Gasteiger partial charge in [0.15, 0.2) is 17.3 Å². The molecule has 6 nitrogen and oxygen atoms in total. The number of carbonyl (C=O) groups is 3. The van der Waals surface area contributed by atoms with Crippen LogP contribution in [0.4, 0.5) is 4.39 Å². The summed E-state index contributed by atoms with van der Waals surface area (Å²) < 4.78 is 18.4. The SMILES string of the molecule is COc1ccc(C(=O)CCC(=O)NC(C)(CC(=O)O)C(C)C)cc1F. The lowest BCUT2D eigenvalue weighted by molar-refractivity contribution is -0.139. The first kappa shape index (κ1) is 20.6. The van der Waals surface area contributed by atoms with Crippen LogP contribution >= 0.6 is 0 Å². The van der Waals surface area contributed by atoms with Gasteiger partial charge in [0.2, 0.25) is 5.91 Å². The van der Waals surface area contributed by atoms with Gasteiger partial charge in [0, 0.05) is 23.9 Å². The molecule has 0 saturated carbocycles. The molecule has 0 fully saturated rings. The maximum absolute atomic E-state index is 13.6. The number of ketones is 1. The molecule has 2 N–H and O–H groups in total. The quantitative estimate of drug-likeness (QED) is 0.666. The van der Waals surface area contributed by atoms with Crippen molar-refractivity contribution in [2.45, 2.75) is 45.6 Å². The van der Waals surface area contributed by atoms with Gasteiger partial charge in [0.25, 0.3) is 0 Å². The molecule has 1 atom stereocenters. The minimum atomic E-state index is -1.01. The monoisotopic (exact) mass is 353 g/mol. The number of carboxylic acid groups (broad SMARTS) is 1. The van der Waals surface area contributed by atoms with Crippen LogP contribution in [0.15, 0.2) is 18.2 Å². The molecule has 1 aromatic carbocycles. The molecule has 25 heavy (non-hydrogen) atoms. The average molecular weight is 353 g/mol. The van der Waals surface area contributed by atoms with E-state index in [1.165, 1.54) is 19.2 Å². The molecule has 0 saturated heterocycles. The third-order valence-corrected chi connectivity index (χ3v) is 4.27. The first-order valence-corrected chi connectivity index (χ1v) is 7.98. The first-order chi connectivity index (χ1) is 11.6. The number of halogens is 1. The van der Waals surface area contributed by atoms with E-state index in [1.54, 1.807) is 6.92 Å². The van der Waals surface area contributed by atoms with E-state index in [0.29, 0.717) is 0 Å². The smallest absolute Gasteiger partial charge is 0.305 e. The number of ether oxygens (including phenoxy) is 1. The molecule has 0 bridgehead atoms. The van der Waals surface area contributed by atoms with Crippen molar-refractivity contribution in [3.05, 3.63) is 29.6 Å². The summed E-state index contributed by atoms with van der Waals surface area (Å²) in [5, 5.41) is 11.7. The van der Waals surface area contributed by atoms with Crippen LogP contribution < -0.4 is 10.1 Å². The van der Waals surface area contributed by atoms with Crippen molar-refractivity contribution in [1.82, 2.24) is 5.32 Å². The molecular formula is C18H24FNO5. The minimum Gasteiger partial charge on any atom is -0.494 e. The Bertz CT molecular complexity index is 659. The lowest BCUT2D eigenvalue weighted by Crippen LogP contribution is -2.51. The van der Waals surface area contributed by atoms with Crippen LogP contribution in [0.5, 0.6) is 5.75 Å². The van der Waals surface area contributed by atoms with Crippen molar-refractivity contribution in [1.29, 1.82) is 0 Å². The van der Waals surface area contributed by atoms with E-state index in [-0.39, 0.29) is 42.3 Å². The maximum atomic E-state index is 13.6. The van der Waals surface area contributed by atoms with E-state index < -0.39 is 23.2 Å². The minimum absolute atomic E-state index is 0.0377. The van der Waals surface area contributed by atoms with E-state index in [0.717, 1.165) is 6.07 Å². The fourth-order valence-electron chi connectivity index (χ4n) is 2.30. The largest absolute Gasteiger partial charge is 0.494 e. The molecule has 0 aromatic heterocycles. The van der Waals surface area contributed by atoms with Crippen molar-refractivity contribution in [3.63, 3.8) is 0 Å². The summed E-state index contributed by atoms with van der Waals surface area (Å²) in [5.74, 6) is -2.51. The Labute approximate surface area is 146 Å². The highest BCUT2D eigenvalue weighted by molar-refractivity contribution is 5.98. The number of Topliss-reactive ketones (excluding diaryl/α,β-unsaturated/α-hetero) is 1. The van der Waals surface area contributed by atoms with Gasteiger partial charge in [-0.2, -0.15) is 0 Å². The molecule has 1 aromatic rings. The fraction of sp³-hybridized carbons (Fsp3) is 0.500. The van der Waals surface area contributed by atoms with Crippen LogP contribution in [0.3, 0.4) is 0 Å². The van der Waals surface area contributed by atoms with Crippen molar-refractivity contribution in [2.75, 3.05) is 7.11 Å². The summed E-state index contributed by atoms with van der Waals surface area (Å²) in [6, 6.07) is 3.86. The van der Waals surface area contributed by atoms with Crippen LogP contribution in [-0.4, -0.2) is 35.4 Å². The number of hydrogen-bond acceptors (Lipinski definition) is 4. The Balaban J connectivity index is 2.67. The summed E-state index contributed by atoms with van der Waals surface area (Å²) in [7, 11) is 1.33. The van der Waals surface area contributed by atoms with Crippen LogP contribution in [0.2, 0.25) is 0 Å². The predicted molar refractivity (Wildman–Crippen MR) is 90.2 cm³/mol. The molecule has 0 heterocycles. The van der Waals surface area contributed by atoms with Gasteiger partial charge in [0.05, 0.1) is 13.5 Å². The number of rotatable bonds is 9. The summed E-state index contributed by atoms with van der Waals surface area (Å²) in [6.45, 7) is 5.29. The molecule has 1 unspecified atom stereocenters. The Morgan fingerprint density at radius 2 is 1.92 bits per heavy atom. The number of amides is 1. The van der Waals surface area contributed by atoms with Gasteiger partial charge in [-0.3, -0.25) is 14.4 Å². The van der Waals surface area contributed by atoms with E-state index in [9.17, 15) is 18.8 Å². The third kappa shape index (κ3) is 5.85. The van der Waals surface area contributed by atoms with Gasteiger partial charge in [-0.1, -0.05) is 13.8 Å². The Morgan fingerprint density at radius 1 is 1.28 bits per heavy atom. The van der Waals surface area contributed by atoms with Crippen LogP contribution in [0.25, 0.3) is 0 Å². The average Bonchev–Trinajstić information content (AvgIpc) is 2.51. The number of hydrogen-bond donors (Lipinski definition) is 2. The molecule has 0 aliphatic rings. The number of aliphatic carboxylic acids is 1. The van der Waals surface area contributed by atoms with Crippen LogP contribution in [0.1, 0.15) is 50.4 Å². The zero-order valence-corrected chi connectivity index (χ0v) is 14.9. The zero-order chi connectivity index (χ0) is 19.2. The van der Waals surface area contributed by atoms with E-state index >= 15 is 0 Å². The highest BCUT2D eigenvalue weighted by atomic mass is 19.1. The molecule has 0 spiro atoms. The van der Waals surface area contributed by atoms with Crippen LogP contribution in [0, 0.1) is 11.7 Å². The number of benzene rings is 1. The molecule has 1 rings (SSSR count). The second-order valence-corrected chi connectivity index (χ2v) is 6.46. The Hall–Kier alpha value is -2.44. The summed E-state index contributed by atoms with van der Waals surface area (Å²) in [6.07, 6.45) is -0.415. The Kier molecular flexibility index (Phi) is 7.09. The molecule has 138 valence electrons. The van der Waals surface area contributed by atoms with Gasteiger partial charge >= 0.3 is 5.97 Å². The van der Waals surface area contributed by atoms with Crippen LogP contribution in [-0.2, 0) is 9.59 Å². The van der Waals surface area contributed by atoms with E-state index in [1.807, 2.05) is 13.8 Å². The molecule has 7 heteroatoms. The fourth-order valence-corrected chi connectivity index (χ4v) is 2.30. The van der Waals surface area contributed by atoms with E-state index in [4.69, 9.17) is 9.84 Å². The van der Waals surface area contributed by atoms with E-state index in [2.05, 4.69) is 5.32 Å². The number of carboxylic acids is 1. The molecule has 1 amide bonds. The van der Waals surface area contributed by atoms with Gasteiger partial charge in [-0.05, 0) is 31.0 Å². The third-order valence-electron chi connectivity index (χ3n) is 4.27.